The van der Waals surface area contributed by atoms with Crippen molar-refractivity contribution >= 4 is 10.1 Å². The van der Waals surface area contributed by atoms with Crippen molar-refractivity contribution in [1.82, 2.24) is 0 Å². The minimum Gasteiger partial charge on any atom is -0.748 e. The van der Waals surface area contributed by atoms with Crippen LogP contribution >= 0.6 is 0 Å². The molecule has 0 spiro atoms. The number of aliphatic hydroxyl groups excluding tert-OH is 1. The summed E-state index contributed by atoms with van der Waals surface area (Å²) in [6, 6.07) is 0. The van der Waals surface area contributed by atoms with Gasteiger partial charge in [-0.1, -0.05) is 0 Å². The summed E-state index contributed by atoms with van der Waals surface area (Å²) in [5, 5.41) is 28.1. The summed E-state index contributed by atoms with van der Waals surface area (Å²) in [4.78, 5) is 15.0. The first-order chi connectivity index (χ1) is 10.1. The van der Waals surface area contributed by atoms with E-state index in [-0.39, 0.29) is 36.2 Å². The zero-order valence-corrected chi connectivity index (χ0v) is 15.3. The van der Waals surface area contributed by atoms with E-state index in [4.69, 9.17) is 9.47 Å². The van der Waals surface area contributed by atoms with E-state index >= 15 is 0 Å². The molecule has 2 rings (SSSR count). The van der Waals surface area contributed by atoms with Crippen LogP contribution < -0.4 is 29.6 Å². The Kier molecular flexibility index (Phi) is 6.80. The number of hydrogen-bond acceptors (Lipinski definition) is 10. The van der Waals surface area contributed by atoms with Gasteiger partial charge in [0.15, 0.2) is 0 Å². The number of nitrogens with zero attached hydrogens (tertiary/aromatic N) is 1. The van der Waals surface area contributed by atoms with Crippen molar-refractivity contribution < 1.29 is 72.1 Å². The van der Waals surface area contributed by atoms with Gasteiger partial charge in [-0.15, -0.1) is 10.1 Å². The smallest absolute Gasteiger partial charge is 0.748 e. The second-order valence-electron chi connectivity index (χ2n) is 5.44. The number of rotatable bonds is 6. The van der Waals surface area contributed by atoms with Crippen LogP contribution in [0.25, 0.3) is 0 Å². The molecule has 0 aromatic heterocycles. The van der Waals surface area contributed by atoms with Crippen molar-refractivity contribution in [3.63, 3.8) is 0 Å². The Balaban J connectivity index is 0.00000264. The van der Waals surface area contributed by atoms with Gasteiger partial charge in [-0.05, 0) is 13.3 Å². The maximum atomic E-state index is 11.0. The van der Waals surface area contributed by atoms with Crippen molar-refractivity contribution in [2.45, 2.75) is 48.6 Å². The maximum absolute atomic E-state index is 11.0. The molecule has 2 aliphatic heterocycles. The molecule has 0 aliphatic carbocycles. The quantitative estimate of drug-likeness (QED) is 0.201. The average molecular weight is 365 g/mol. The second kappa shape index (κ2) is 7.45. The van der Waals surface area contributed by atoms with Crippen LogP contribution in [0.5, 0.6) is 0 Å². The SMILES string of the molecule is CC(CC(O[N+](=O)[O-])[C@]1(O)CO[C@@H]2[C@@H](O)CO[C@@H]21)S(=O)(=O)[O-].[Na+]. The Bertz CT molecular complexity index is 544. The van der Waals surface area contributed by atoms with Gasteiger partial charge in [0.25, 0.3) is 5.09 Å². The van der Waals surface area contributed by atoms with E-state index in [0.717, 1.165) is 6.92 Å². The number of ether oxygens (including phenoxy) is 2. The van der Waals surface area contributed by atoms with Gasteiger partial charge >= 0.3 is 29.6 Å². The zero-order chi connectivity index (χ0) is 16.7. The predicted octanol–water partition coefficient (Wildman–Crippen LogP) is -5.22. The third-order valence-electron chi connectivity index (χ3n) is 3.93. The fraction of sp³-hybridized carbons (Fsp3) is 1.00. The molecule has 0 amide bonds. The number of aliphatic hydroxyl groups is 2. The molecule has 2 unspecified atom stereocenters. The first-order valence-electron chi connectivity index (χ1n) is 6.45. The standard InChI is InChI=1S/C10H17NO10S.Na/c1-5(22(16,17)18)2-7(21-11(14)15)10(13)4-20-8-6(12)3-19-9(8)10;/h5-9,12-13H,2-4H2,1H3,(H,16,17,18);/q;+1/p-1/t5?,6-,7?,8+,9-,10+;/m0./s1. The van der Waals surface area contributed by atoms with Gasteiger partial charge in [0.2, 0.25) is 0 Å². The van der Waals surface area contributed by atoms with Gasteiger partial charge in [-0.3, -0.25) is 0 Å². The van der Waals surface area contributed by atoms with Gasteiger partial charge < -0.3 is 29.1 Å². The number of hydrogen-bond donors (Lipinski definition) is 2. The maximum Gasteiger partial charge on any atom is 1.00 e. The fourth-order valence-electron chi connectivity index (χ4n) is 2.67. The Morgan fingerprint density at radius 2 is 2.09 bits per heavy atom. The molecule has 23 heavy (non-hydrogen) atoms. The molecule has 0 saturated carbocycles. The molecule has 0 aromatic rings. The second-order valence-corrected chi connectivity index (χ2v) is 7.24. The summed E-state index contributed by atoms with van der Waals surface area (Å²) in [5.74, 6) is 0. The van der Waals surface area contributed by atoms with Gasteiger partial charge in [0, 0.05) is 5.25 Å². The van der Waals surface area contributed by atoms with Crippen LogP contribution in [0.15, 0.2) is 0 Å². The summed E-state index contributed by atoms with van der Waals surface area (Å²) in [5.41, 5.74) is -2.05. The van der Waals surface area contributed by atoms with Crippen LogP contribution in [0, 0.1) is 10.1 Å². The molecule has 0 aromatic carbocycles. The molecular weight excluding hydrogens is 349 g/mol. The van der Waals surface area contributed by atoms with Crippen LogP contribution in [0.2, 0.25) is 0 Å². The third kappa shape index (κ3) is 4.32. The van der Waals surface area contributed by atoms with Crippen molar-refractivity contribution in [1.29, 1.82) is 0 Å². The predicted molar refractivity (Wildman–Crippen MR) is 66.1 cm³/mol. The van der Waals surface area contributed by atoms with E-state index in [0.29, 0.717) is 0 Å². The molecule has 2 heterocycles. The van der Waals surface area contributed by atoms with Crippen LogP contribution in [0.3, 0.4) is 0 Å². The topological polar surface area (TPSA) is 168 Å². The Hall–Kier alpha value is -0.0500. The summed E-state index contributed by atoms with van der Waals surface area (Å²) < 4.78 is 43.3. The van der Waals surface area contributed by atoms with E-state index in [1.54, 1.807) is 0 Å². The molecule has 0 radical (unpaired) electrons. The molecule has 2 fully saturated rings. The molecule has 0 bridgehead atoms. The molecule has 2 N–H and O–H groups in total. The molecule has 2 saturated heterocycles. The first kappa shape index (κ1) is 21.0. The molecule has 6 atom stereocenters. The van der Waals surface area contributed by atoms with Crippen LogP contribution in [0.4, 0.5) is 0 Å². The number of fused-ring (bicyclic) bond motifs is 1. The Morgan fingerprint density at radius 1 is 1.48 bits per heavy atom. The summed E-state index contributed by atoms with van der Waals surface area (Å²) in [7, 11) is -4.72. The first-order valence-corrected chi connectivity index (χ1v) is 7.92. The summed E-state index contributed by atoms with van der Waals surface area (Å²) in [6.45, 7) is 0.460. The van der Waals surface area contributed by atoms with E-state index in [2.05, 4.69) is 4.84 Å². The molecular formula is C10H16NNaO10S. The van der Waals surface area contributed by atoms with E-state index in [1.165, 1.54) is 0 Å². The van der Waals surface area contributed by atoms with Gasteiger partial charge in [-0.25, -0.2) is 8.42 Å². The summed E-state index contributed by atoms with van der Waals surface area (Å²) in [6.07, 6.45) is -5.30. The van der Waals surface area contributed by atoms with Crippen molar-refractivity contribution in [2.75, 3.05) is 13.2 Å². The fourth-order valence-corrected chi connectivity index (χ4v) is 3.08. The van der Waals surface area contributed by atoms with Gasteiger partial charge in [0.1, 0.15) is 30.0 Å². The van der Waals surface area contributed by atoms with Crippen molar-refractivity contribution in [3.05, 3.63) is 10.1 Å². The molecule has 128 valence electrons. The van der Waals surface area contributed by atoms with Crippen LogP contribution in [0.1, 0.15) is 13.3 Å². The largest absolute Gasteiger partial charge is 1.00 e. The van der Waals surface area contributed by atoms with Crippen LogP contribution in [-0.4, -0.2) is 76.8 Å². The van der Waals surface area contributed by atoms with Crippen molar-refractivity contribution in [2.24, 2.45) is 0 Å². The Morgan fingerprint density at radius 3 is 2.61 bits per heavy atom. The molecule has 13 heteroatoms. The normalized spacial score (nSPS) is 35.9. The van der Waals surface area contributed by atoms with Crippen LogP contribution in [-0.2, 0) is 24.4 Å². The third-order valence-corrected chi connectivity index (χ3v) is 5.11. The zero-order valence-electron chi connectivity index (χ0n) is 12.5. The van der Waals surface area contributed by atoms with Crippen molar-refractivity contribution in [3.8, 4) is 0 Å². The van der Waals surface area contributed by atoms with E-state index in [1.807, 2.05) is 0 Å². The minimum atomic E-state index is -4.72. The monoisotopic (exact) mass is 365 g/mol. The average Bonchev–Trinajstić information content (AvgIpc) is 2.90. The summed E-state index contributed by atoms with van der Waals surface area (Å²) >= 11 is 0. The molecule has 11 nitrogen and oxygen atoms in total. The molecule has 2 aliphatic rings. The Labute approximate surface area is 154 Å². The van der Waals surface area contributed by atoms with Gasteiger partial charge in [-0.2, -0.15) is 0 Å². The minimum absolute atomic E-state index is 0. The van der Waals surface area contributed by atoms with E-state index < -0.39 is 63.5 Å². The van der Waals surface area contributed by atoms with Gasteiger partial charge in [0.05, 0.1) is 23.3 Å². The van der Waals surface area contributed by atoms with E-state index in [9.17, 15) is 33.3 Å².